The van der Waals surface area contributed by atoms with E-state index >= 15 is 0 Å². The summed E-state index contributed by atoms with van der Waals surface area (Å²) in [6, 6.07) is 0. The Morgan fingerprint density at radius 1 is 1.12 bits per heavy atom. The Labute approximate surface area is 156 Å². The van der Waals surface area contributed by atoms with Gasteiger partial charge in [-0.2, -0.15) is 0 Å². The summed E-state index contributed by atoms with van der Waals surface area (Å²) >= 11 is 0. The Bertz CT molecular complexity index is 440. The monoisotopic (exact) mass is 369 g/mol. The van der Waals surface area contributed by atoms with E-state index in [1.54, 1.807) is 5.48 Å². The van der Waals surface area contributed by atoms with Gasteiger partial charge in [0.25, 0.3) is 0 Å². The number of carbonyl (C=O) groups excluding carboxylic acids is 1. The van der Waals surface area contributed by atoms with Gasteiger partial charge in [-0.15, -0.1) is 0 Å². The lowest BCUT2D eigenvalue weighted by molar-refractivity contribution is -0.129. The van der Waals surface area contributed by atoms with Gasteiger partial charge in [0.1, 0.15) is 0 Å². The van der Waals surface area contributed by atoms with Crippen molar-refractivity contribution in [1.29, 1.82) is 0 Å². The van der Waals surface area contributed by atoms with Gasteiger partial charge < -0.3 is 14.2 Å². The largest absolute Gasteiger partial charge is 0.378 e. The lowest BCUT2D eigenvalue weighted by Gasteiger charge is -2.31. The number of rotatable bonds is 10. The van der Waals surface area contributed by atoms with Crippen LogP contribution in [0.1, 0.15) is 71.1 Å². The summed E-state index contributed by atoms with van der Waals surface area (Å²) in [7, 11) is 0. The van der Waals surface area contributed by atoms with Crippen molar-refractivity contribution in [3.8, 4) is 0 Å². The molecule has 0 aromatic heterocycles. The minimum absolute atomic E-state index is 0.112. The normalized spacial score (nSPS) is 32.7. The number of ether oxygens (including phenoxy) is 3. The fourth-order valence-corrected chi connectivity index (χ4v) is 4.78. The van der Waals surface area contributed by atoms with Crippen LogP contribution < -0.4 is 5.48 Å². The van der Waals surface area contributed by atoms with E-state index in [1.807, 2.05) is 0 Å². The van der Waals surface area contributed by atoms with Crippen LogP contribution in [0.2, 0.25) is 0 Å². The number of hydroxylamine groups is 1. The number of hydrogen-bond acceptors (Lipinski definition) is 5. The minimum atomic E-state index is -0.335. The van der Waals surface area contributed by atoms with Crippen molar-refractivity contribution in [2.24, 2.45) is 11.8 Å². The first-order valence-corrected chi connectivity index (χ1v) is 10.5. The van der Waals surface area contributed by atoms with Crippen molar-refractivity contribution >= 4 is 5.91 Å². The molecule has 2 saturated heterocycles. The van der Waals surface area contributed by atoms with Crippen molar-refractivity contribution < 1.29 is 24.2 Å². The van der Waals surface area contributed by atoms with Crippen molar-refractivity contribution in [2.45, 2.75) is 95.5 Å². The third-order valence-corrected chi connectivity index (χ3v) is 6.38. The second kappa shape index (κ2) is 10.0. The molecule has 150 valence electrons. The first-order chi connectivity index (χ1) is 12.7. The van der Waals surface area contributed by atoms with E-state index < -0.39 is 0 Å². The third kappa shape index (κ3) is 5.41. The molecule has 5 unspecified atom stereocenters. The maximum atomic E-state index is 11.1. The Morgan fingerprint density at radius 2 is 1.81 bits per heavy atom. The molecule has 5 atom stereocenters. The van der Waals surface area contributed by atoms with Crippen LogP contribution in [0.15, 0.2) is 0 Å². The molecular weight excluding hydrogens is 334 g/mol. The highest BCUT2D eigenvalue weighted by atomic mass is 16.5. The van der Waals surface area contributed by atoms with Crippen LogP contribution >= 0.6 is 0 Å². The van der Waals surface area contributed by atoms with Crippen LogP contribution in [-0.2, 0) is 19.0 Å². The van der Waals surface area contributed by atoms with Crippen molar-refractivity contribution in [3.63, 3.8) is 0 Å². The number of fused-ring (bicyclic) bond motifs is 2. The topological polar surface area (TPSA) is 77.0 Å². The Kier molecular flexibility index (Phi) is 7.73. The van der Waals surface area contributed by atoms with Gasteiger partial charge in [0.2, 0.25) is 5.91 Å². The SMILES string of the molecule is CC(CCCC(=O)NO)OCC1C2CCC(O2)C1COC1CCCCC1. The van der Waals surface area contributed by atoms with E-state index in [0.717, 1.165) is 32.3 Å². The second-order valence-electron chi connectivity index (χ2n) is 8.28. The molecule has 2 aliphatic heterocycles. The molecule has 1 aliphatic carbocycles. The molecule has 26 heavy (non-hydrogen) atoms. The summed E-state index contributed by atoms with van der Waals surface area (Å²) in [6.07, 6.45) is 11.8. The van der Waals surface area contributed by atoms with Gasteiger partial charge >= 0.3 is 0 Å². The van der Waals surface area contributed by atoms with Gasteiger partial charge in [-0.25, -0.2) is 5.48 Å². The van der Waals surface area contributed by atoms with Gasteiger partial charge in [0.05, 0.1) is 37.6 Å². The van der Waals surface area contributed by atoms with Crippen LogP contribution in [0.25, 0.3) is 0 Å². The predicted octanol–water partition coefficient (Wildman–Crippen LogP) is 3.21. The molecule has 3 aliphatic rings. The molecule has 1 amide bonds. The summed E-state index contributed by atoms with van der Waals surface area (Å²) in [4.78, 5) is 11.1. The molecule has 2 N–H and O–H groups in total. The van der Waals surface area contributed by atoms with Gasteiger partial charge in [-0.05, 0) is 45.4 Å². The fourth-order valence-electron chi connectivity index (χ4n) is 4.78. The van der Waals surface area contributed by atoms with Gasteiger partial charge in [0, 0.05) is 18.3 Å². The zero-order valence-electron chi connectivity index (χ0n) is 16.0. The van der Waals surface area contributed by atoms with E-state index in [4.69, 9.17) is 19.4 Å². The molecule has 0 aromatic carbocycles. The summed E-state index contributed by atoms with van der Waals surface area (Å²) in [5.41, 5.74) is 1.67. The first-order valence-electron chi connectivity index (χ1n) is 10.5. The number of nitrogens with one attached hydrogen (secondary N) is 1. The van der Waals surface area contributed by atoms with Crippen LogP contribution in [0.4, 0.5) is 0 Å². The summed E-state index contributed by atoms with van der Waals surface area (Å²) in [5.74, 6) is 0.558. The Morgan fingerprint density at radius 3 is 2.50 bits per heavy atom. The minimum Gasteiger partial charge on any atom is -0.378 e. The molecule has 0 spiro atoms. The van der Waals surface area contributed by atoms with E-state index in [0.29, 0.717) is 43.2 Å². The zero-order valence-corrected chi connectivity index (χ0v) is 16.0. The van der Waals surface area contributed by atoms with Gasteiger partial charge in [-0.1, -0.05) is 19.3 Å². The van der Waals surface area contributed by atoms with Crippen LogP contribution in [0, 0.1) is 11.8 Å². The summed E-state index contributed by atoms with van der Waals surface area (Å²) in [5, 5.41) is 8.52. The lowest BCUT2D eigenvalue weighted by Crippen LogP contribution is -2.36. The predicted molar refractivity (Wildman–Crippen MR) is 96.9 cm³/mol. The highest BCUT2D eigenvalue weighted by Gasteiger charge is 2.49. The average molecular weight is 370 g/mol. The molecule has 0 aromatic rings. The first kappa shape index (κ1) is 20.1. The van der Waals surface area contributed by atoms with E-state index in [1.165, 1.54) is 32.1 Å². The maximum absolute atomic E-state index is 11.1. The molecule has 3 fully saturated rings. The van der Waals surface area contributed by atoms with Crippen LogP contribution in [0.5, 0.6) is 0 Å². The standard InChI is InChI=1S/C20H35NO5/c1-14(6-5-9-20(22)21-23)24-12-16-17(19-11-10-18(16)26-19)13-25-15-7-3-2-4-8-15/h14-19,23H,2-13H2,1H3,(H,21,22). The van der Waals surface area contributed by atoms with Crippen molar-refractivity contribution in [3.05, 3.63) is 0 Å². The smallest absolute Gasteiger partial charge is 0.243 e. The van der Waals surface area contributed by atoms with Crippen molar-refractivity contribution in [1.82, 2.24) is 5.48 Å². The van der Waals surface area contributed by atoms with E-state index in [2.05, 4.69) is 6.92 Å². The molecule has 6 nitrogen and oxygen atoms in total. The Hall–Kier alpha value is -0.690. The average Bonchev–Trinajstić information content (AvgIpc) is 3.27. The van der Waals surface area contributed by atoms with Gasteiger partial charge in [0.15, 0.2) is 0 Å². The summed E-state index contributed by atoms with van der Waals surface area (Å²) in [6.45, 7) is 3.58. The zero-order chi connectivity index (χ0) is 18.4. The van der Waals surface area contributed by atoms with E-state index in [-0.39, 0.29) is 12.0 Å². The molecule has 1 saturated carbocycles. The molecule has 6 heteroatoms. The molecule has 2 bridgehead atoms. The summed E-state index contributed by atoms with van der Waals surface area (Å²) < 4.78 is 18.5. The fraction of sp³-hybridized carbons (Fsp3) is 0.950. The highest BCUT2D eigenvalue weighted by Crippen LogP contribution is 2.44. The molecule has 3 rings (SSSR count). The van der Waals surface area contributed by atoms with E-state index in [9.17, 15) is 4.79 Å². The van der Waals surface area contributed by atoms with Gasteiger partial charge in [-0.3, -0.25) is 10.0 Å². The highest BCUT2D eigenvalue weighted by molar-refractivity contribution is 5.74. The molecule has 0 radical (unpaired) electrons. The second-order valence-corrected chi connectivity index (χ2v) is 8.28. The van der Waals surface area contributed by atoms with Crippen LogP contribution in [-0.4, -0.2) is 48.7 Å². The molecular formula is C20H35NO5. The molecule has 2 heterocycles. The van der Waals surface area contributed by atoms with Crippen LogP contribution in [0.3, 0.4) is 0 Å². The number of amides is 1. The number of hydrogen-bond donors (Lipinski definition) is 2. The van der Waals surface area contributed by atoms with Crippen molar-refractivity contribution in [2.75, 3.05) is 13.2 Å². The lowest BCUT2D eigenvalue weighted by atomic mass is 9.80. The number of carbonyl (C=O) groups is 1. The third-order valence-electron chi connectivity index (χ3n) is 6.38. The Balaban J connectivity index is 1.39. The quantitative estimate of drug-likeness (QED) is 0.457. The maximum Gasteiger partial charge on any atom is 0.243 e.